The molecule has 0 aliphatic heterocycles. The zero-order valence-corrected chi connectivity index (χ0v) is 20.3. The van der Waals surface area contributed by atoms with Gasteiger partial charge in [0.05, 0.1) is 11.7 Å². The molecule has 3 aromatic carbocycles. The van der Waals surface area contributed by atoms with Gasteiger partial charge in [-0.2, -0.15) is 0 Å². The number of urea groups is 1. The highest BCUT2D eigenvalue weighted by Gasteiger charge is 2.39. The summed E-state index contributed by atoms with van der Waals surface area (Å²) in [5.74, 6) is -1.20. The zero-order valence-electron chi connectivity index (χ0n) is 19.5. The molecule has 0 saturated carbocycles. The lowest BCUT2D eigenvalue weighted by atomic mass is 9.93. The number of carbonyl (C=O) groups is 1. The fourth-order valence-electron chi connectivity index (χ4n) is 3.81. The summed E-state index contributed by atoms with van der Waals surface area (Å²) in [5, 5.41) is 6.63. The summed E-state index contributed by atoms with van der Waals surface area (Å²) in [6.45, 7) is 8.60. The van der Waals surface area contributed by atoms with Crippen LogP contribution in [0.5, 0.6) is 0 Å². The fraction of sp³-hybridized carbons (Fsp3) is 0.296. The number of hydrogen-bond donors (Lipinski definition) is 2. The quantitative estimate of drug-likeness (QED) is 0.341. The maximum absolute atomic E-state index is 12.9. The topological polar surface area (TPSA) is 59.6 Å². The molecule has 0 saturated heterocycles. The summed E-state index contributed by atoms with van der Waals surface area (Å²) in [6.07, 6.45) is 0. The number of nitrogens with one attached hydrogen (secondary N) is 2. The highest BCUT2D eigenvalue weighted by molar-refractivity contribution is 6.30. The van der Waals surface area contributed by atoms with Gasteiger partial charge in [0.15, 0.2) is 0 Å². The van der Waals surface area contributed by atoms with Crippen molar-refractivity contribution in [2.24, 2.45) is 0 Å². The highest BCUT2D eigenvalue weighted by Crippen LogP contribution is 2.40. The number of anilines is 1. The largest absolute Gasteiger partial charge is 0.342 e. The number of carbonyl (C=O) groups excluding carboxylic acids is 1. The maximum atomic E-state index is 12.9. The Morgan fingerprint density at radius 2 is 1.61 bits per heavy atom. The van der Waals surface area contributed by atoms with E-state index in [4.69, 9.17) is 21.1 Å². The first kappa shape index (κ1) is 24.8. The van der Waals surface area contributed by atoms with E-state index in [1.54, 1.807) is 12.1 Å². The Bertz CT molecular complexity index is 1050. The first-order valence-corrected chi connectivity index (χ1v) is 11.5. The molecule has 33 heavy (non-hydrogen) atoms. The van der Waals surface area contributed by atoms with Gasteiger partial charge < -0.3 is 20.1 Å². The fourth-order valence-corrected chi connectivity index (χ4v) is 3.94. The Morgan fingerprint density at radius 1 is 0.970 bits per heavy atom. The summed E-state index contributed by atoms with van der Waals surface area (Å²) < 4.78 is 12.5. The van der Waals surface area contributed by atoms with Gasteiger partial charge in [-0.05, 0) is 57.5 Å². The molecule has 0 radical (unpaired) electrons. The van der Waals surface area contributed by atoms with Crippen LogP contribution < -0.4 is 10.6 Å². The number of amides is 2. The number of aryl methyl sites for hydroxylation is 1. The van der Waals surface area contributed by atoms with Gasteiger partial charge in [0.25, 0.3) is 0 Å². The third kappa shape index (κ3) is 5.93. The second kappa shape index (κ2) is 11.3. The zero-order chi connectivity index (χ0) is 23.8. The lowest BCUT2D eigenvalue weighted by Crippen LogP contribution is -2.37. The lowest BCUT2D eigenvalue weighted by molar-refractivity contribution is -0.212. The molecule has 0 fully saturated rings. The second-order valence-electron chi connectivity index (χ2n) is 7.77. The van der Waals surface area contributed by atoms with E-state index in [2.05, 4.69) is 10.6 Å². The molecule has 6 heteroatoms. The van der Waals surface area contributed by atoms with Gasteiger partial charge in [0.1, 0.15) is 0 Å². The number of ether oxygens (including phenoxy) is 2. The Balaban J connectivity index is 1.99. The third-order valence-electron chi connectivity index (χ3n) is 5.34. The molecule has 3 aromatic rings. The predicted molar refractivity (Wildman–Crippen MR) is 134 cm³/mol. The standard InChI is InChI=1S/C27H31ClN2O3/c1-5-32-27(33-6-2,22-13-15-23(28)16-14-22)24-18-19(3)12-17-25(24)30-26(31)29-20(4)21-10-8-7-9-11-21/h7-18,20H,5-6H2,1-4H3,(H2,29,30,31). The normalized spacial score (nSPS) is 12.3. The Morgan fingerprint density at radius 3 is 2.21 bits per heavy atom. The van der Waals surface area contributed by atoms with Crippen molar-refractivity contribution in [3.63, 3.8) is 0 Å². The Kier molecular flexibility index (Phi) is 8.50. The third-order valence-corrected chi connectivity index (χ3v) is 5.60. The molecule has 0 aliphatic rings. The van der Waals surface area contributed by atoms with Crippen LogP contribution in [0, 0.1) is 6.92 Å². The summed E-state index contributed by atoms with van der Waals surface area (Å²) in [6, 6.07) is 22.6. The van der Waals surface area contributed by atoms with Crippen LogP contribution in [0.4, 0.5) is 10.5 Å². The minimum Gasteiger partial charge on any atom is -0.342 e. The van der Waals surface area contributed by atoms with E-state index in [-0.39, 0.29) is 12.1 Å². The van der Waals surface area contributed by atoms with E-state index in [1.807, 2.05) is 88.4 Å². The highest BCUT2D eigenvalue weighted by atomic mass is 35.5. The van der Waals surface area contributed by atoms with Crippen LogP contribution in [0.15, 0.2) is 72.8 Å². The molecule has 5 nitrogen and oxygen atoms in total. The van der Waals surface area contributed by atoms with Crippen LogP contribution in [0.2, 0.25) is 5.02 Å². The van der Waals surface area contributed by atoms with Crippen molar-refractivity contribution >= 4 is 23.3 Å². The molecule has 2 amide bonds. The summed E-state index contributed by atoms with van der Waals surface area (Å²) >= 11 is 6.14. The molecule has 0 bridgehead atoms. The van der Waals surface area contributed by atoms with Crippen molar-refractivity contribution < 1.29 is 14.3 Å². The van der Waals surface area contributed by atoms with Gasteiger partial charge in [0.2, 0.25) is 5.79 Å². The van der Waals surface area contributed by atoms with Gasteiger partial charge in [0, 0.05) is 29.4 Å². The molecule has 1 unspecified atom stereocenters. The molecular weight excluding hydrogens is 436 g/mol. The molecule has 0 aliphatic carbocycles. The van der Waals surface area contributed by atoms with Crippen molar-refractivity contribution in [2.75, 3.05) is 18.5 Å². The van der Waals surface area contributed by atoms with Crippen LogP contribution in [0.25, 0.3) is 0 Å². The van der Waals surface area contributed by atoms with Crippen molar-refractivity contribution in [3.8, 4) is 0 Å². The first-order chi connectivity index (χ1) is 15.9. The van der Waals surface area contributed by atoms with E-state index in [0.717, 1.165) is 22.3 Å². The van der Waals surface area contributed by atoms with Gasteiger partial charge in [-0.3, -0.25) is 0 Å². The van der Waals surface area contributed by atoms with Crippen LogP contribution in [-0.4, -0.2) is 19.2 Å². The Hall–Kier alpha value is -2.86. The summed E-state index contributed by atoms with van der Waals surface area (Å²) in [5.41, 5.74) is 4.16. The second-order valence-corrected chi connectivity index (χ2v) is 8.21. The van der Waals surface area contributed by atoms with Crippen molar-refractivity contribution in [2.45, 2.75) is 39.5 Å². The minimum atomic E-state index is -1.20. The molecule has 174 valence electrons. The van der Waals surface area contributed by atoms with Gasteiger partial charge in [-0.15, -0.1) is 0 Å². The van der Waals surface area contributed by atoms with Gasteiger partial charge in [-0.1, -0.05) is 65.7 Å². The number of benzene rings is 3. The molecule has 2 N–H and O–H groups in total. The molecule has 3 rings (SSSR count). The van der Waals surface area contributed by atoms with E-state index < -0.39 is 5.79 Å². The van der Waals surface area contributed by atoms with Crippen LogP contribution in [0.1, 0.15) is 49.1 Å². The molecule has 0 aromatic heterocycles. The van der Waals surface area contributed by atoms with Gasteiger partial charge in [-0.25, -0.2) is 4.79 Å². The number of hydrogen-bond acceptors (Lipinski definition) is 3. The average Bonchev–Trinajstić information content (AvgIpc) is 2.81. The number of halogens is 1. The monoisotopic (exact) mass is 466 g/mol. The van der Waals surface area contributed by atoms with Crippen molar-refractivity contribution in [1.82, 2.24) is 5.32 Å². The van der Waals surface area contributed by atoms with Crippen molar-refractivity contribution in [3.05, 3.63) is 100 Å². The smallest absolute Gasteiger partial charge is 0.319 e. The van der Waals surface area contributed by atoms with Gasteiger partial charge >= 0.3 is 6.03 Å². The summed E-state index contributed by atoms with van der Waals surface area (Å²) in [7, 11) is 0. The lowest BCUT2D eigenvalue weighted by Gasteiger charge is -2.36. The molecule has 0 spiro atoms. The first-order valence-electron chi connectivity index (χ1n) is 11.2. The van der Waals surface area contributed by atoms with Crippen LogP contribution in [0.3, 0.4) is 0 Å². The van der Waals surface area contributed by atoms with Crippen LogP contribution in [-0.2, 0) is 15.3 Å². The molecular formula is C27H31ClN2O3. The number of rotatable bonds is 9. The minimum absolute atomic E-state index is 0.153. The van der Waals surface area contributed by atoms with Crippen molar-refractivity contribution in [1.29, 1.82) is 0 Å². The summed E-state index contributed by atoms with van der Waals surface area (Å²) in [4.78, 5) is 12.9. The molecule has 0 heterocycles. The Labute approximate surface area is 201 Å². The molecule has 1 atom stereocenters. The maximum Gasteiger partial charge on any atom is 0.319 e. The van der Waals surface area contributed by atoms with E-state index >= 15 is 0 Å². The van der Waals surface area contributed by atoms with E-state index in [0.29, 0.717) is 23.9 Å². The van der Waals surface area contributed by atoms with E-state index in [1.165, 1.54) is 0 Å². The van der Waals surface area contributed by atoms with Crippen LogP contribution >= 0.6 is 11.6 Å². The average molecular weight is 467 g/mol. The SMILES string of the molecule is CCOC(OCC)(c1ccc(Cl)cc1)c1cc(C)ccc1NC(=O)NC(C)c1ccccc1. The predicted octanol–water partition coefficient (Wildman–Crippen LogP) is 6.81. The van der Waals surface area contributed by atoms with E-state index in [9.17, 15) is 4.79 Å².